The maximum Gasteiger partial charge on any atom is 0.401 e. The Labute approximate surface area is 149 Å². The Morgan fingerprint density at radius 1 is 1.23 bits per heavy atom. The number of carbonyl (C=O) groups excluding carboxylic acids is 1. The fraction of sp³-hybridized carbons (Fsp3) is 0.688. The molecular weight excluding hydrogens is 351 g/mol. The third kappa shape index (κ3) is 4.82. The van der Waals surface area contributed by atoms with E-state index in [4.69, 9.17) is 4.74 Å². The molecule has 10 heteroatoms. The molecule has 1 aromatic heterocycles. The topological polar surface area (TPSA) is 61.8 Å². The van der Waals surface area contributed by atoms with E-state index >= 15 is 0 Å². The third-order valence-electron chi connectivity index (χ3n) is 4.60. The minimum atomic E-state index is -4.34. The van der Waals surface area contributed by atoms with Gasteiger partial charge in [-0.25, -0.2) is 0 Å². The lowest BCUT2D eigenvalue weighted by Gasteiger charge is -2.37. The quantitative estimate of drug-likeness (QED) is 0.780. The van der Waals surface area contributed by atoms with Gasteiger partial charge in [0.15, 0.2) is 5.82 Å². The Balaban J connectivity index is 1.63. The summed E-state index contributed by atoms with van der Waals surface area (Å²) in [6.45, 7) is 1.45. The molecule has 0 aliphatic carbocycles. The minimum absolute atomic E-state index is 0.000706. The standard InChI is InChI=1S/C16H22F3N5O2/c17-16(18,19)12-24-9-10-26-11-13(24)15(25)23-6-2-5-22(7-8-23)14-3-1-4-20-21-14/h1,3-4,13H,2,5-12H2. The van der Waals surface area contributed by atoms with Crippen LogP contribution in [0.15, 0.2) is 18.3 Å². The summed E-state index contributed by atoms with van der Waals surface area (Å²) in [6, 6.07) is 2.77. The van der Waals surface area contributed by atoms with Gasteiger partial charge >= 0.3 is 6.18 Å². The van der Waals surface area contributed by atoms with Gasteiger partial charge in [0.25, 0.3) is 0 Å². The fourth-order valence-corrected chi connectivity index (χ4v) is 3.32. The van der Waals surface area contributed by atoms with Gasteiger partial charge in [-0.3, -0.25) is 9.69 Å². The number of ether oxygens (including phenoxy) is 1. The first-order valence-corrected chi connectivity index (χ1v) is 8.64. The van der Waals surface area contributed by atoms with Crippen molar-refractivity contribution in [2.75, 3.05) is 57.4 Å². The Morgan fingerprint density at radius 2 is 2.08 bits per heavy atom. The Bertz CT molecular complexity index is 601. The van der Waals surface area contributed by atoms with Crippen molar-refractivity contribution in [3.8, 4) is 0 Å². The summed E-state index contributed by atoms with van der Waals surface area (Å²) < 4.78 is 43.7. The molecule has 0 bridgehead atoms. The Morgan fingerprint density at radius 3 is 2.81 bits per heavy atom. The number of amides is 1. The summed E-state index contributed by atoms with van der Waals surface area (Å²) in [4.78, 5) is 17.7. The van der Waals surface area contributed by atoms with E-state index < -0.39 is 18.8 Å². The van der Waals surface area contributed by atoms with Gasteiger partial charge < -0.3 is 14.5 Å². The molecular formula is C16H22F3N5O2. The van der Waals surface area contributed by atoms with E-state index in [1.54, 1.807) is 17.2 Å². The molecule has 26 heavy (non-hydrogen) atoms. The first kappa shape index (κ1) is 18.8. The summed E-state index contributed by atoms with van der Waals surface area (Å²) in [6.07, 6.45) is -2.03. The number of alkyl halides is 3. The second-order valence-corrected chi connectivity index (χ2v) is 6.42. The lowest BCUT2D eigenvalue weighted by Crippen LogP contribution is -2.57. The van der Waals surface area contributed by atoms with Crippen LogP contribution >= 0.6 is 0 Å². The zero-order valence-electron chi connectivity index (χ0n) is 14.4. The number of anilines is 1. The molecule has 144 valence electrons. The number of carbonyl (C=O) groups is 1. The van der Waals surface area contributed by atoms with Gasteiger partial charge in [-0.05, 0) is 18.6 Å². The van der Waals surface area contributed by atoms with Crippen molar-refractivity contribution in [1.29, 1.82) is 0 Å². The normalized spacial score (nSPS) is 23.0. The first-order chi connectivity index (χ1) is 12.4. The molecule has 7 nitrogen and oxygen atoms in total. The summed E-state index contributed by atoms with van der Waals surface area (Å²) in [5.74, 6) is 0.441. The molecule has 0 N–H and O–H groups in total. The number of rotatable bonds is 3. The van der Waals surface area contributed by atoms with E-state index in [-0.39, 0.29) is 25.7 Å². The number of aromatic nitrogens is 2. The van der Waals surface area contributed by atoms with E-state index in [0.29, 0.717) is 19.6 Å². The number of halogens is 3. The lowest BCUT2D eigenvalue weighted by atomic mass is 10.2. The predicted octanol–water partition coefficient (Wildman–Crippen LogP) is 0.778. The molecule has 0 spiro atoms. The Hall–Kier alpha value is -1.94. The summed E-state index contributed by atoms with van der Waals surface area (Å²) in [7, 11) is 0. The van der Waals surface area contributed by atoms with Crippen molar-refractivity contribution in [3.63, 3.8) is 0 Å². The summed E-state index contributed by atoms with van der Waals surface area (Å²) in [5, 5.41) is 7.94. The van der Waals surface area contributed by atoms with Crippen molar-refractivity contribution >= 4 is 11.7 Å². The highest BCUT2D eigenvalue weighted by Gasteiger charge is 2.39. The van der Waals surface area contributed by atoms with Crippen molar-refractivity contribution < 1.29 is 22.7 Å². The molecule has 0 saturated carbocycles. The van der Waals surface area contributed by atoms with Crippen molar-refractivity contribution in [2.24, 2.45) is 0 Å². The van der Waals surface area contributed by atoms with Gasteiger partial charge in [0.1, 0.15) is 6.04 Å². The average Bonchev–Trinajstić information content (AvgIpc) is 2.87. The van der Waals surface area contributed by atoms with Gasteiger partial charge in [0.2, 0.25) is 5.91 Å². The number of morpholine rings is 1. The highest BCUT2D eigenvalue weighted by Crippen LogP contribution is 2.21. The number of hydrogen-bond donors (Lipinski definition) is 0. The van der Waals surface area contributed by atoms with Crippen LogP contribution in [0.2, 0.25) is 0 Å². The lowest BCUT2D eigenvalue weighted by molar-refractivity contribution is -0.170. The zero-order chi connectivity index (χ0) is 18.6. The van der Waals surface area contributed by atoms with Crippen LogP contribution in [0.1, 0.15) is 6.42 Å². The maximum absolute atomic E-state index is 12.8. The smallest absolute Gasteiger partial charge is 0.378 e. The highest BCUT2D eigenvalue weighted by atomic mass is 19.4. The van der Waals surface area contributed by atoms with E-state index in [0.717, 1.165) is 18.8 Å². The number of nitrogens with zero attached hydrogens (tertiary/aromatic N) is 5. The molecule has 1 amide bonds. The molecule has 0 aromatic carbocycles. The van der Waals surface area contributed by atoms with Crippen LogP contribution in [0.5, 0.6) is 0 Å². The predicted molar refractivity (Wildman–Crippen MR) is 87.7 cm³/mol. The summed E-state index contributed by atoms with van der Waals surface area (Å²) in [5.41, 5.74) is 0. The van der Waals surface area contributed by atoms with Crippen LogP contribution < -0.4 is 4.90 Å². The van der Waals surface area contributed by atoms with E-state index in [9.17, 15) is 18.0 Å². The van der Waals surface area contributed by atoms with Crippen molar-refractivity contribution in [2.45, 2.75) is 18.6 Å². The second kappa shape index (κ2) is 8.17. The van der Waals surface area contributed by atoms with Crippen LogP contribution in [0.25, 0.3) is 0 Å². The molecule has 2 aliphatic heterocycles. The van der Waals surface area contributed by atoms with Crippen LogP contribution in [0.4, 0.5) is 19.0 Å². The van der Waals surface area contributed by atoms with Gasteiger partial charge in [-0.15, -0.1) is 5.10 Å². The van der Waals surface area contributed by atoms with Gasteiger partial charge in [-0.2, -0.15) is 18.3 Å². The third-order valence-corrected chi connectivity index (χ3v) is 4.60. The molecule has 1 aromatic rings. The van der Waals surface area contributed by atoms with E-state index in [2.05, 4.69) is 10.2 Å². The zero-order valence-corrected chi connectivity index (χ0v) is 14.4. The molecule has 2 saturated heterocycles. The van der Waals surface area contributed by atoms with Crippen molar-refractivity contribution in [1.82, 2.24) is 20.0 Å². The summed E-state index contributed by atoms with van der Waals surface area (Å²) >= 11 is 0. The minimum Gasteiger partial charge on any atom is -0.378 e. The van der Waals surface area contributed by atoms with Crippen LogP contribution in [0.3, 0.4) is 0 Å². The highest BCUT2D eigenvalue weighted by molar-refractivity contribution is 5.82. The van der Waals surface area contributed by atoms with Crippen LogP contribution in [-0.2, 0) is 9.53 Å². The average molecular weight is 373 g/mol. The van der Waals surface area contributed by atoms with Gasteiger partial charge in [-0.1, -0.05) is 0 Å². The second-order valence-electron chi connectivity index (χ2n) is 6.42. The molecule has 1 atom stereocenters. The van der Waals surface area contributed by atoms with Crippen molar-refractivity contribution in [3.05, 3.63) is 18.3 Å². The fourth-order valence-electron chi connectivity index (χ4n) is 3.32. The largest absolute Gasteiger partial charge is 0.401 e. The van der Waals surface area contributed by atoms with Crippen LogP contribution in [-0.4, -0.2) is 90.6 Å². The molecule has 3 heterocycles. The molecule has 2 fully saturated rings. The number of hydrogen-bond acceptors (Lipinski definition) is 6. The maximum atomic E-state index is 12.8. The molecule has 2 aliphatic rings. The van der Waals surface area contributed by atoms with Gasteiger partial charge in [0.05, 0.1) is 19.8 Å². The monoisotopic (exact) mass is 373 g/mol. The van der Waals surface area contributed by atoms with E-state index in [1.807, 2.05) is 11.0 Å². The van der Waals surface area contributed by atoms with Crippen LogP contribution in [0, 0.1) is 0 Å². The first-order valence-electron chi connectivity index (χ1n) is 8.64. The van der Waals surface area contributed by atoms with E-state index in [1.165, 1.54) is 4.90 Å². The molecule has 1 unspecified atom stereocenters. The molecule has 0 radical (unpaired) electrons. The SMILES string of the molecule is O=C(C1COCCN1CC(F)(F)F)N1CCCN(c2cccnn2)CC1. The Kier molecular flexibility index (Phi) is 5.92. The van der Waals surface area contributed by atoms with Gasteiger partial charge in [0, 0.05) is 38.9 Å². The molecule has 3 rings (SSSR count).